The van der Waals surface area contributed by atoms with Crippen LogP contribution >= 0.6 is 0 Å². The summed E-state index contributed by atoms with van der Waals surface area (Å²) in [6, 6.07) is 14.4. The summed E-state index contributed by atoms with van der Waals surface area (Å²) in [6.45, 7) is 2.07. The highest BCUT2D eigenvalue weighted by atomic mass is 16.3. The third-order valence-electron chi connectivity index (χ3n) is 3.57. The van der Waals surface area contributed by atoms with E-state index in [9.17, 15) is 5.11 Å². The molecule has 0 bridgehead atoms. The van der Waals surface area contributed by atoms with Crippen LogP contribution in [0, 0.1) is 19.3 Å². The Morgan fingerprint density at radius 3 is 2.55 bits per heavy atom. The number of fused-ring (bicyclic) bond motifs is 1. The zero-order valence-electron chi connectivity index (χ0n) is 12.3. The minimum Gasteiger partial charge on any atom is -0.380 e. The lowest BCUT2D eigenvalue weighted by Gasteiger charge is -2.06. The fourth-order valence-electron chi connectivity index (χ4n) is 2.33. The number of aromatic nitrogens is 2. The molecule has 22 heavy (non-hydrogen) atoms. The van der Waals surface area contributed by atoms with Crippen LogP contribution in [0.3, 0.4) is 0 Å². The summed E-state index contributed by atoms with van der Waals surface area (Å²) in [5.41, 5.74) is 5.83. The van der Waals surface area contributed by atoms with Gasteiger partial charge >= 0.3 is 0 Å². The molecule has 3 rings (SSSR count). The molecule has 108 valence electrons. The van der Waals surface area contributed by atoms with Crippen LogP contribution in [0.25, 0.3) is 22.2 Å². The molecule has 0 aliphatic carbocycles. The molecule has 0 spiro atoms. The second-order valence-electron chi connectivity index (χ2n) is 5.32. The average molecular weight is 288 g/mol. The van der Waals surface area contributed by atoms with Gasteiger partial charge in [0.05, 0.1) is 16.7 Å². The standard InChI is InChI=1S/C19H16N2O/c1-3-17(22)11-16-12-20-19-10-15(8-9-18(19)21-16)14-6-4-13(2)5-7-14/h1,4-10,12,17,22H,11H2,2H3. The van der Waals surface area contributed by atoms with Crippen molar-refractivity contribution in [3.8, 4) is 23.5 Å². The molecule has 3 aromatic rings. The van der Waals surface area contributed by atoms with Crippen LogP contribution in [0.5, 0.6) is 0 Å². The number of hydrogen-bond donors (Lipinski definition) is 1. The minimum atomic E-state index is -0.821. The Balaban J connectivity index is 1.96. The molecule has 1 heterocycles. The van der Waals surface area contributed by atoms with E-state index in [1.54, 1.807) is 6.20 Å². The molecule has 3 nitrogen and oxygen atoms in total. The maximum Gasteiger partial charge on any atom is 0.120 e. The number of terminal acetylenes is 1. The molecule has 1 aromatic heterocycles. The van der Waals surface area contributed by atoms with E-state index < -0.39 is 6.10 Å². The van der Waals surface area contributed by atoms with Gasteiger partial charge in [0.25, 0.3) is 0 Å². The first kappa shape index (κ1) is 14.2. The van der Waals surface area contributed by atoms with Crippen molar-refractivity contribution in [3.05, 3.63) is 59.9 Å². The predicted octanol–water partition coefficient (Wildman–Crippen LogP) is 3.14. The Kier molecular flexibility index (Phi) is 3.86. The number of aliphatic hydroxyl groups is 1. The van der Waals surface area contributed by atoms with Crippen molar-refractivity contribution in [1.82, 2.24) is 9.97 Å². The van der Waals surface area contributed by atoms with Crippen molar-refractivity contribution in [1.29, 1.82) is 0 Å². The fraction of sp³-hybridized carbons (Fsp3) is 0.158. The number of hydrogen-bond acceptors (Lipinski definition) is 3. The third-order valence-corrected chi connectivity index (χ3v) is 3.57. The zero-order chi connectivity index (χ0) is 15.5. The van der Waals surface area contributed by atoms with Crippen LogP contribution in [-0.4, -0.2) is 21.2 Å². The van der Waals surface area contributed by atoms with Gasteiger partial charge in [-0.3, -0.25) is 4.98 Å². The number of aliphatic hydroxyl groups excluding tert-OH is 1. The molecular weight excluding hydrogens is 272 g/mol. The van der Waals surface area contributed by atoms with Crippen molar-refractivity contribution >= 4 is 11.0 Å². The van der Waals surface area contributed by atoms with E-state index >= 15 is 0 Å². The number of benzene rings is 2. The molecular formula is C19H16N2O. The second-order valence-corrected chi connectivity index (χ2v) is 5.32. The van der Waals surface area contributed by atoms with Crippen LogP contribution in [0.1, 0.15) is 11.3 Å². The SMILES string of the molecule is C#CC(O)Cc1cnc2cc(-c3ccc(C)cc3)ccc2n1. The molecule has 2 aromatic carbocycles. The van der Waals surface area contributed by atoms with Gasteiger partial charge in [-0.1, -0.05) is 41.8 Å². The monoisotopic (exact) mass is 288 g/mol. The van der Waals surface area contributed by atoms with Gasteiger partial charge in [-0.05, 0) is 30.2 Å². The molecule has 0 fully saturated rings. The molecule has 3 heteroatoms. The highest BCUT2D eigenvalue weighted by Gasteiger charge is 2.06. The second kappa shape index (κ2) is 5.97. The molecule has 1 atom stereocenters. The van der Waals surface area contributed by atoms with Gasteiger partial charge in [0, 0.05) is 12.6 Å². The van der Waals surface area contributed by atoms with E-state index in [1.165, 1.54) is 5.56 Å². The summed E-state index contributed by atoms with van der Waals surface area (Å²) in [5, 5.41) is 9.49. The first-order valence-electron chi connectivity index (χ1n) is 7.12. The van der Waals surface area contributed by atoms with E-state index in [1.807, 2.05) is 18.2 Å². The largest absolute Gasteiger partial charge is 0.380 e. The first-order chi connectivity index (χ1) is 10.7. The van der Waals surface area contributed by atoms with Crippen LogP contribution in [0.15, 0.2) is 48.7 Å². The Bertz CT molecular complexity index is 847. The average Bonchev–Trinajstić information content (AvgIpc) is 2.55. The van der Waals surface area contributed by atoms with E-state index in [2.05, 4.69) is 47.1 Å². The molecule has 0 amide bonds. The smallest absolute Gasteiger partial charge is 0.120 e. The summed E-state index contributed by atoms with van der Waals surface area (Å²) >= 11 is 0. The van der Waals surface area contributed by atoms with E-state index in [4.69, 9.17) is 6.42 Å². The Hall–Kier alpha value is -2.70. The van der Waals surface area contributed by atoms with Crippen LogP contribution < -0.4 is 0 Å². The van der Waals surface area contributed by atoms with E-state index in [0.717, 1.165) is 22.2 Å². The van der Waals surface area contributed by atoms with Crippen molar-refractivity contribution in [2.24, 2.45) is 0 Å². The van der Waals surface area contributed by atoms with Gasteiger partial charge in [0.1, 0.15) is 6.10 Å². The van der Waals surface area contributed by atoms with Gasteiger partial charge in [0.2, 0.25) is 0 Å². The Labute approximate surface area is 129 Å². The lowest BCUT2D eigenvalue weighted by Crippen LogP contribution is -2.08. The molecule has 0 aliphatic rings. The summed E-state index contributed by atoms with van der Waals surface area (Å²) in [4.78, 5) is 8.92. The Morgan fingerprint density at radius 2 is 1.82 bits per heavy atom. The fourth-order valence-corrected chi connectivity index (χ4v) is 2.33. The number of rotatable bonds is 3. The minimum absolute atomic E-state index is 0.319. The summed E-state index contributed by atoms with van der Waals surface area (Å²) in [5.74, 6) is 2.28. The maximum atomic E-state index is 9.49. The molecule has 0 saturated carbocycles. The van der Waals surface area contributed by atoms with Gasteiger partial charge in [0.15, 0.2) is 0 Å². The third kappa shape index (κ3) is 2.98. The highest BCUT2D eigenvalue weighted by molar-refractivity contribution is 5.81. The van der Waals surface area contributed by atoms with Crippen LogP contribution in [0.4, 0.5) is 0 Å². The van der Waals surface area contributed by atoms with Gasteiger partial charge in [-0.15, -0.1) is 6.42 Å². The van der Waals surface area contributed by atoms with Crippen molar-refractivity contribution in [3.63, 3.8) is 0 Å². The topological polar surface area (TPSA) is 46.0 Å². The normalized spacial score (nSPS) is 12.0. The molecule has 0 aliphatic heterocycles. The summed E-state index contributed by atoms with van der Waals surface area (Å²) in [6.07, 6.45) is 6.35. The number of nitrogens with zero attached hydrogens (tertiary/aromatic N) is 2. The van der Waals surface area contributed by atoms with E-state index in [0.29, 0.717) is 12.1 Å². The van der Waals surface area contributed by atoms with Crippen LogP contribution in [-0.2, 0) is 6.42 Å². The zero-order valence-corrected chi connectivity index (χ0v) is 12.3. The predicted molar refractivity (Wildman–Crippen MR) is 88.3 cm³/mol. The number of aryl methyl sites for hydroxylation is 1. The van der Waals surface area contributed by atoms with Gasteiger partial charge in [-0.25, -0.2) is 4.98 Å². The molecule has 0 saturated heterocycles. The first-order valence-corrected chi connectivity index (χ1v) is 7.12. The van der Waals surface area contributed by atoms with Gasteiger partial charge in [-0.2, -0.15) is 0 Å². The summed E-state index contributed by atoms with van der Waals surface area (Å²) < 4.78 is 0. The maximum absolute atomic E-state index is 9.49. The van der Waals surface area contributed by atoms with E-state index in [-0.39, 0.29) is 0 Å². The van der Waals surface area contributed by atoms with Gasteiger partial charge < -0.3 is 5.11 Å². The van der Waals surface area contributed by atoms with Crippen LogP contribution in [0.2, 0.25) is 0 Å². The molecule has 0 radical (unpaired) electrons. The van der Waals surface area contributed by atoms with Crippen molar-refractivity contribution in [2.75, 3.05) is 0 Å². The van der Waals surface area contributed by atoms with Crippen molar-refractivity contribution in [2.45, 2.75) is 19.4 Å². The quantitative estimate of drug-likeness (QED) is 0.753. The molecule has 1 unspecified atom stereocenters. The lowest BCUT2D eigenvalue weighted by atomic mass is 10.0. The highest BCUT2D eigenvalue weighted by Crippen LogP contribution is 2.23. The molecule has 1 N–H and O–H groups in total. The Morgan fingerprint density at radius 1 is 1.09 bits per heavy atom. The lowest BCUT2D eigenvalue weighted by molar-refractivity contribution is 0.232. The van der Waals surface area contributed by atoms with Crippen molar-refractivity contribution < 1.29 is 5.11 Å². The summed E-state index contributed by atoms with van der Waals surface area (Å²) in [7, 11) is 0.